The first-order valence-electron chi connectivity index (χ1n) is 19.0. The van der Waals surface area contributed by atoms with Crippen molar-refractivity contribution in [1.82, 2.24) is 14.5 Å². The fourth-order valence-corrected chi connectivity index (χ4v) is 7.70. The molecule has 0 saturated heterocycles. The van der Waals surface area contributed by atoms with Crippen LogP contribution in [0.3, 0.4) is 0 Å². The molecule has 2 unspecified atom stereocenters. The number of hydrogen-bond acceptors (Lipinski definition) is 8. The van der Waals surface area contributed by atoms with E-state index in [2.05, 4.69) is 42.9 Å². The minimum atomic E-state index is -0.511. The smallest absolute Gasteiger partial charge is 0.342 e. The fraction of sp³-hybridized carbons (Fsp3) is 0.289. The number of nitrogens with zero attached hydrogens (tertiary/aromatic N) is 4. The number of H-pyrrole nitrogens is 2. The lowest BCUT2D eigenvalue weighted by molar-refractivity contribution is 0.0603. The SMILES string of the molecule is CCCC(C)N(c1ccc(OC)c(F)c1)c1[nH]c2cc(C#N)ccc2c1C(=O)OC.CCCC(C)n1c2cc(F)c(OC)cc2c(=O)c2c3ccc(C#N)cc3[nH]c21. The number of ether oxygens (including phenoxy) is 3. The highest BCUT2D eigenvalue weighted by molar-refractivity contribution is 6.11. The van der Waals surface area contributed by atoms with E-state index in [0.717, 1.165) is 31.1 Å². The molecule has 0 spiro atoms. The quantitative estimate of drug-likeness (QED) is 0.123. The first-order valence-corrected chi connectivity index (χ1v) is 19.0. The number of aromatic nitrogens is 3. The molecule has 3 heterocycles. The van der Waals surface area contributed by atoms with E-state index in [-0.39, 0.29) is 29.0 Å². The van der Waals surface area contributed by atoms with Crippen LogP contribution in [0.25, 0.3) is 43.7 Å². The molecule has 3 aromatic heterocycles. The maximum atomic E-state index is 14.5. The lowest BCUT2D eigenvalue weighted by Gasteiger charge is -2.31. The number of carbonyl (C=O) groups is 1. The number of nitriles is 2. The number of hydrogen-bond donors (Lipinski definition) is 2. The largest absolute Gasteiger partial charge is 0.494 e. The van der Waals surface area contributed by atoms with Gasteiger partial charge in [-0.15, -0.1) is 0 Å². The van der Waals surface area contributed by atoms with Crippen LogP contribution in [-0.2, 0) is 4.74 Å². The van der Waals surface area contributed by atoms with Crippen LogP contribution in [0.2, 0.25) is 0 Å². The van der Waals surface area contributed by atoms with E-state index < -0.39 is 17.6 Å². The van der Waals surface area contributed by atoms with Crippen molar-refractivity contribution in [3.8, 4) is 23.6 Å². The third-order valence-corrected chi connectivity index (χ3v) is 10.4. The van der Waals surface area contributed by atoms with Crippen LogP contribution in [0.5, 0.6) is 11.5 Å². The number of aromatic amines is 2. The standard InChI is InChI=1S/C23H24FN3O3.C22H20FN3O2/c1-5-6-14(2)27(16-8-10-20(29-3)18(24)12-16)22-21(23(28)30-4)17-9-7-15(13-25)11-19(17)26-22;1-4-5-12(2)26-18-10-16(23)19(28-3)9-15(18)21(27)20-14-7-6-13(11-24)8-17(14)25-22(20)26/h7-12,14,26H,5-6H2,1-4H3;6-10,12,25H,4-5H2,1-3H3. The number of pyridine rings is 1. The Balaban J connectivity index is 0.000000196. The van der Waals surface area contributed by atoms with Crippen LogP contribution < -0.4 is 19.8 Å². The number of benzene rings is 4. The second-order valence-electron chi connectivity index (χ2n) is 14.1. The minimum absolute atomic E-state index is 0.0465. The summed E-state index contributed by atoms with van der Waals surface area (Å²) in [5.74, 6) is -0.822. The number of carbonyl (C=O) groups excluding carboxylic acids is 1. The number of anilines is 2. The van der Waals surface area contributed by atoms with Crippen molar-refractivity contribution in [2.45, 2.75) is 65.5 Å². The zero-order chi connectivity index (χ0) is 41.8. The maximum Gasteiger partial charge on any atom is 0.342 e. The van der Waals surface area contributed by atoms with Crippen LogP contribution >= 0.6 is 0 Å². The Hall–Kier alpha value is -6.86. The molecular formula is C45H44F2N6O5. The van der Waals surface area contributed by atoms with Crippen LogP contribution in [0.4, 0.5) is 20.3 Å². The van der Waals surface area contributed by atoms with Gasteiger partial charge < -0.3 is 33.6 Å². The van der Waals surface area contributed by atoms with E-state index >= 15 is 0 Å². The topological polar surface area (TPSA) is 149 Å². The minimum Gasteiger partial charge on any atom is -0.494 e. The van der Waals surface area contributed by atoms with Crippen LogP contribution in [-0.4, -0.2) is 47.9 Å². The van der Waals surface area contributed by atoms with E-state index in [1.54, 1.807) is 48.5 Å². The van der Waals surface area contributed by atoms with Gasteiger partial charge in [0, 0.05) is 51.7 Å². The van der Waals surface area contributed by atoms with Gasteiger partial charge in [-0.1, -0.05) is 38.8 Å². The van der Waals surface area contributed by atoms with Gasteiger partial charge in [-0.3, -0.25) is 4.79 Å². The summed E-state index contributed by atoms with van der Waals surface area (Å²) in [5.41, 5.74) is 4.24. The summed E-state index contributed by atoms with van der Waals surface area (Å²) in [7, 11) is 4.12. The molecular weight excluding hydrogens is 743 g/mol. The van der Waals surface area contributed by atoms with Crippen LogP contribution in [0.15, 0.2) is 71.5 Å². The van der Waals surface area contributed by atoms with E-state index in [0.29, 0.717) is 66.6 Å². The molecule has 0 saturated carbocycles. The highest BCUT2D eigenvalue weighted by Crippen LogP contribution is 2.38. The summed E-state index contributed by atoms with van der Waals surface area (Å²) in [6, 6.07) is 22.0. The first kappa shape index (κ1) is 40.8. The highest BCUT2D eigenvalue weighted by Gasteiger charge is 2.28. The number of methoxy groups -OCH3 is 3. The summed E-state index contributed by atoms with van der Waals surface area (Å²) in [4.78, 5) is 34.5. The van der Waals surface area contributed by atoms with Gasteiger partial charge in [0.05, 0.1) is 60.9 Å². The molecule has 0 fully saturated rings. The van der Waals surface area contributed by atoms with Crippen LogP contribution in [0.1, 0.15) is 80.9 Å². The van der Waals surface area contributed by atoms with Gasteiger partial charge in [0.1, 0.15) is 17.0 Å². The average molecular weight is 787 g/mol. The van der Waals surface area contributed by atoms with Crippen molar-refractivity contribution in [3.63, 3.8) is 0 Å². The highest BCUT2D eigenvalue weighted by atomic mass is 19.1. The fourth-order valence-electron chi connectivity index (χ4n) is 7.70. The van der Waals surface area contributed by atoms with Gasteiger partial charge in [0.2, 0.25) is 0 Å². The summed E-state index contributed by atoms with van der Waals surface area (Å²) in [5, 5.41) is 20.8. The number of rotatable bonds is 11. The molecule has 7 rings (SSSR count). The molecule has 2 N–H and O–H groups in total. The van der Waals surface area contributed by atoms with Gasteiger partial charge in [-0.05, 0) is 69.2 Å². The molecule has 0 aliphatic carbocycles. The van der Waals surface area contributed by atoms with Gasteiger partial charge in [0.15, 0.2) is 28.6 Å². The number of esters is 1. The molecule has 58 heavy (non-hydrogen) atoms. The molecule has 298 valence electrons. The van der Waals surface area contributed by atoms with Crippen molar-refractivity contribution < 1.29 is 27.8 Å². The molecule has 13 heteroatoms. The van der Waals surface area contributed by atoms with Crippen LogP contribution in [0, 0.1) is 34.3 Å². The van der Waals surface area contributed by atoms with Gasteiger partial charge >= 0.3 is 5.97 Å². The van der Waals surface area contributed by atoms with Crippen molar-refractivity contribution in [3.05, 3.63) is 105 Å². The summed E-state index contributed by atoms with van der Waals surface area (Å²) in [6.07, 6.45) is 3.54. The molecule has 0 radical (unpaired) electrons. The predicted molar refractivity (Wildman–Crippen MR) is 222 cm³/mol. The molecule has 7 aromatic rings. The molecule has 0 bridgehead atoms. The van der Waals surface area contributed by atoms with Crippen molar-refractivity contribution in [1.29, 1.82) is 10.5 Å². The number of nitrogens with one attached hydrogen (secondary N) is 2. The van der Waals surface area contributed by atoms with Gasteiger partial charge in [0.25, 0.3) is 0 Å². The third-order valence-electron chi connectivity index (χ3n) is 10.4. The Morgan fingerprint density at radius 3 is 2.00 bits per heavy atom. The monoisotopic (exact) mass is 786 g/mol. The zero-order valence-electron chi connectivity index (χ0n) is 33.4. The Bertz CT molecular complexity index is 2830. The summed E-state index contributed by atoms with van der Waals surface area (Å²) >= 11 is 0. The van der Waals surface area contributed by atoms with Crippen molar-refractivity contribution in [2.75, 3.05) is 26.2 Å². The summed E-state index contributed by atoms with van der Waals surface area (Å²) < 4.78 is 46.2. The van der Waals surface area contributed by atoms with E-state index in [1.807, 2.05) is 16.4 Å². The molecule has 11 nitrogen and oxygen atoms in total. The molecule has 2 atom stereocenters. The first-order chi connectivity index (χ1) is 27.9. The van der Waals surface area contributed by atoms with Crippen molar-refractivity contribution >= 4 is 61.2 Å². The molecule has 0 aliphatic heterocycles. The Morgan fingerprint density at radius 1 is 0.793 bits per heavy atom. The second kappa shape index (κ2) is 17.1. The molecule has 0 amide bonds. The Labute approximate surface area is 334 Å². The van der Waals surface area contributed by atoms with E-state index in [9.17, 15) is 28.9 Å². The Kier molecular flexibility index (Phi) is 12.0. The lowest BCUT2D eigenvalue weighted by atomic mass is 10.1. The predicted octanol–water partition coefficient (Wildman–Crippen LogP) is 10.3. The summed E-state index contributed by atoms with van der Waals surface area (Å²) in [6.45, 7) is 8.22. The average Bonchev–Trinajstić information content (AvgIpc) is 3.79. The zero-order valence-corrected chi connectivity index (χ0v) is 33.4. The lowest BCUT2D eigenvalue weighted by Crippen LogP contribution is -2.30. The second-order valence-corrected chi connectivity index (χ2v) is 14.1. The third kappa shape index (κ3) is 7.39. The Morgan fingerprint density at radius 2 is 1.41 bits per heavy atom. The van der Waals surface area contributed by atoms with Gasteiger partial charge in [-0.25, -0.2) is 13.6 Å². The van der Waals surface area contributed by atoms with Crippen molar-refractivity contribution in [2.24, 2.45) is 0 Å². The number of fused-ring (bicyclic) bond motifs is 5. The van der Waals surface area contributed by atoms with Gasteiger partial charge in [-0.2, -0.15) is 10.5 Å². The molecule has 4 aromatic carbocycles. The molecule has 0 aliphatic rings. The normalized spacial score (nSPS) is 12.1. The number of halogens is 2. The van der Waals surface area contributed by atoms with E-state index in [4.69, 9.17) is 14.2 Å². The maximum absolute atomic E-state index is 14.5. The van der Waals surface area contributed by atoms with E-state index in [1.165, 1.54) is 39.5 Å².